The number of aliphatic hydroxyl groups excluding tert-OH is 3. The van der Waals surface area contributed by atoms with Gasteiger partial charge in [-0.3, -0.25) is 24.1 Å². The first kappa shape index (κ1) is 80.3. The number of rotatable bonds is 20. The minimum atomic E-state index is -4.51. The molecule has 5 aromatic rings. The van der Waals surface area contributed by atoms with E-state index in [-0.39, 0.29) is 160 Å². The summed E-state index contributed by atoms with van der Waals surface area (Å²) in [7, 11) is -6.16. The van der Waals surface area contributed by atoms with Crippen LogP contribution in [-0.2, 0) is 84.0 Å². The summed E-state index contributed by atoms with van der Waals surface area (Å²) in [6.45, 7) is 10.5. The zero-order valence-corrected chi connectivity index (χ0v) is 71.5. The van der Waals surface area contributed by atoms with Crippen LogP contribution in [0, 0.1) is 69.6 Å². The van der Waals surface area contributed by atoms with Crippen LogP contribution < -0.4 is 35.3 Å². The van der Waals surface area contributed by atoms with Gasteiger partial charge < -0.3 is 88.7 Å². The Balaban J connectivity index is -0.000000328. The number of nitrogens with one attached hydrogen (secondary N) is 5. The fourth-order valence-electron chi connectivity index (χ4n) is 13.9. The molecular weight excluding hydrogens is 1730 g/mol. The molecule has 9 heterocycles. The summed E-state index contributed by atoms with van der Waals surface area (Å²) in [5.41, 5.74) is 4.25. The van der Waals surface area contributed by atoms with Crippen LogP contribution in [0.25, 0.3) is 0 Å². The number of carbonyl (C=O) groups is 8. The first-order valence-electron chi connectivity index (χ1n) is 50.4. The summed E-state index contributed by atoms with van der Waals surface area (Å²) in [4.78, 5) is 100. The van der Waals surface area contributed by atoms with Gasteiger partial charge in [-0.2, -0.15) is 10.5 Å². The number of aliphatic hydroxyl groups is 3. The highest BCUT2D eigenvalue weighted by atomic mass is 35.7. The Morgan fingerprint density at radius 3 is 1.39 bits per heavy atom. The molecule has 5 saturated heterocycles. The van der Waals surface area contributed by atoms with E-state index < -0.39 is 168 Å². The van der Waals surface area contributed by atoms with Gasteiger partial charge >= 0.3 is 24.4 Å². The number of halogens is 6. The molecule has 50 heteroatoms. The Bertz CT molecular complexity index is 5390. The number of Topliss-reactive ketones (excluding diaryl/α,β-unsaturated/α-hetero) is 2. The second-order valence-electron chi connectivity index (χ2n) is 28.5. The number of likely N-dealkylation sites (tertiary alicyclic amines) is 5. The van der Waals surface area contributed by atoms with Crippen LogP contribution >= 0.6 is 10.7 Å². The number of anilines is 2. The lowest BCUT2D eigenvalue weighted by molar-refractivity contribution is -0.122. The van der Waals surface area contributed by atoms with Crippen LogP contribution in [0.5, 0.6) is 5.75 Å². The lowest BCUT2D eigenvalue weighted by Crippen LogP contribution is -2.43. The zero-order valence-electron chi connectivity index (χ0n) is 93.4. The number of hydrogen-bond donors (Lipinski definition) is 9. The molecule has 0 spiro atoms. The fourth-order valence-corrected chi connectivity index (χ4v) is 19.6. The largest absolute Gasteiger partial charge is 0.489 e. The highest BCUT2D eigenvalue weighted by Crippen LogP contribution is 2.36. The third kappa shape index (κ3) is 23.8. The number of aryl methyl sites for hydroxylation is 3. The molecular formula is C72H120ClF5N16O24S4. The normalized spacial score (nSPS) is 23.0. The van der Waals surface area contributed by atoms with E-state index in [0.29, 0.717) is 19.7 Å². The first-order chi connectivity index (χ1) is 70.2. The number of amides is 6. The molecule has 3 unspecified atom stereocenters. The SMILES string of the molecule is CC(=O)C1C(F)C(S(=O)(=O)Cl)CN1C.CCOC(=O)N1C[C@@H](CO)[C@@H](N)C1.CCOC(=O)N1C[C@@H](CO)[C@@H](NS(=O)(=O)c2cn(C)c(C(=O)Nc3ccc(F)c(C#N)c3)c2F)C1.CCOC(=O)N1C[C@@H](CO)[C@@H](NS(=O)(=O)c2cn(C)c(C(C)=O)c2F)C1.CCOC(=O)N1C[C@H]2COc3c(cn(C)c3C(=O)Nc3ccc(F)c(C#N)c3)S(=O)(=O)N[C@H]2C1.[2H][2H].[2H][2H].[2H][2H].[2H][2H].[2H][2H].[2H][2H].[2H][2H].[2H][2H].[2H][2H].[2H][2H].[2H][2H].[2H][2H].[2H][2H]. The van der Waals surface area contributed by atoms with E-state index >= 15 is 4.39 Å². The maximum absolute atomic E-state index is 15.2. The van der Waals surface area contributed by atoms with Crippen molar-refractivity contribution in [1.29, 1.82) is 10.5 Å². The molecule has 698 valence electrons. The van der Waals surface area contributed by atoms with Crippen molar-refractivity contribution in [3.05, 3.63) is 106 Å². The van der Waals surface area contributed by atoms with E-state index in [2.05, 4.69) is 24.8 Å². The summed E-state index contributed by atoms with van der Waals surface area (Å²) in [6.07, 6.45) is -0.715. The molecule has 6 aliphatic heterocycles. The van der Waals surface area contributed by atoms with Gasteiger partial charge in [0.05, 0.1) is 44.2 Å². The average Bonchev–Trinajstić information content (AvgIpc) is 1.61. The van der Waals surface area contributed by atoms with Gasteiger partial charge in [0.1, 0.15) is 73.1 Å². The van der Waals surface area contributed by atoms with Crippen molar-refractivity contribution in [2.75, 3.05) is 129 Å². The predicted molar refractivity (Wildman–Crippen MR) is 448 cm³/mol. The van der Waals surface area contributed by atoms with E-state index in [1.54, 1.807) is 39.8 Å². The number of aromatic nitrogens is 3. The second-order valence-corrected chi connectivity index (χ2v) is 36.4. The summed E-state index contributed by atoms with van der Waals surface area (Å²) < 4.78 is 335. The Morgan fingerprint density at radius 1 is 0.607 bits per heavy atom. The molecule has 11 atom stereocenters. The number of nitrogens with zero attached hydrogens (tertiary/aromatic N) is 10. The molecule has 6 amide bonds. The van der Waals surface area contributed by atoms with Gasteiger partial charge in [0.25, 0.3) is 11.8 Å². The molecule has 0 saturated carbocycles. The van der Waals surface area contributed by atoms with E-state index in [1.165, 1.54) is 88.6 Å². The van der Waals surface area contributed by atoms with Crippen LogP contribution in [0.15, 0.2) is 69.7 Å². The number of fused-ring (bicyclic) bond motifs is 2. The first-order valence-corrected chi connectivity index (χ1v) is 44.2. The molecule has 0 radical (unpaired) electrons. The smallest absolute Gasteiger partial charge is 0.409 e. The van der Waals surface area contributed by atoms with Crippen LogP contribution in [0.1, 0.15) is 123 Å². The standard InChI is InChI=1S/C21H23F2N5O6S.C21H22FN5O6S.C15H22FN3O6S.C8H16N2O3.C7H11ClFNO3S.13H2/c1-3-34-21(31)28-8-13(11-29)16(9-28)26-35(32,33)17-10-27(2)19(18(17)23)20(30)25-14-4-5-15(22)12(6-14)7-24;1-3-32-21(29)27-8-13-11-33-19-17(34(30,31)25-16(13)9-27)10-26(2)18(19)20(28)24-14-4-5-15(22)12(6-14)7-23;1-4-25-15(22)19-5-10(8-20)11(6-19)17-26(23,24)12-7-18(3)14(9(2)21)13(12)16;1-2-13-8(12)10-3-6(5-11)7(9)4-10;1-4(11)7-6(9)5(3-10(7)2)14(8,12)13;;;;;;;;;;;;;/h4-6,10,13,16,26,29H,3,8-9,11H2,1-2H3,(H,25,30);4-6,10,13,16,25H,3,8-9,11H2,1-2H3,(H,24,28);7,10-11,17,20H,4-6,8H2,1-3H3;6-7,11H,2-5,9H2,1H3;5-7H,3H2,1-2H3;13*1H/t2*13-,16-;10-,11-;6-,7-;;;;;;;;;;;;;;/m0000............../s1/i;;;;;13*1+1D. The van der Waals surface area contributed by atoms with Crippen LogP contribution in [-0.4, -0.2) is 295 Å². The summed E-state index contributed by atoms with van der Waals surface area (Å²) in [6, 6.07) is 6.54. The lowest BCUT2D eigenvalue weighted by atomic mass is 10.1. The quantitative estimate of drug-likeness (QED) is 0.0203. The maximum Gasteiger partial charge on any atom is 0.409 e. The van der Waals surface area contributed by atoms with Crippen molar-refractivity contribution in [3.63, 3.8) is 0 Å². The van der Waals surface area contributed by atoms with Crippen LogP contribution in [0.4, 0.5) is 52.5 Å². The number of alkyl halides is 1. The minimum Gasteiger partial charge on any atom is -0.489 e. The van der Waals surface area contributed by atoms with E-state index in [0.717, 1.165) is 46.7 Å². The average molecular weight is 1880 g/mol. The topological polar surface area (TPSA) is 545 Å². The molecule has 122 heavy (non-hydrogen) atoms. The number of sulfonamides is 3. The van der Waals surface area contributed by atoms with Crippen molar-refractivity contribution in [2.45, 2.75) is 97.9 Å². The van der Waals surface area contributed by atoms with Gasteiger partial charge in [-0.05, 0) is 78.1 Å². The van der Waals surface area contributed by atoms with Gasteiger partial charge in [-0.25, -0.2) is 89.0 Å². The van der Waals surface area contributed by atoms with Crippen LogP contribution in [0.2, 0.25) is 0 Å². The van der Waals surface area contributed by atoms with Crippen molar-refractivity contribution in [1.82, 2.24) is 52.4 Å². The Kier molecular flexibility index (Phi) is 27.8. The summed E-state index contributed by atoms with van der Waals surface area (Å²) in [5.74, 6) is -8.43. The molecule has 40 nitrogen and oxygen atoms in total. The highest BCUT2D eigenvalue weighted by molar-refractivity contribution is 8.14. The van der Waals surface area contributed by atoms with Crippen molar-refractivity contribution in [2.24, 2.45) is 50.5 Å². The van der Waals surface area contributed by atoms with Crippen molar-refractivity contribution < 1.29 is 172 Å². The number of ether oxygens (including phenoxy) is 5. The lowest BCUT2D eigenvalue weighted by Gasteiger charge is -2.23. The van der Waals surface area contributed by atoms with Gasteiger partial charge in [-0.1, -0.05) is 0 Å². The van der Waals surface area contributed by atoms with Gasteiger partial charge in [-0.15, -0.1) is 0 Å². The number of ketones is 2. The van der Waals surface area contributed by atoms with Gasteiger partial charge in [0.15, 0.2) is 28.9 Å². The van der Waals surface area contributed by atoms with Gasteiger partial charge in [0.2, 0.25) is 39.1 Å². The molecule has 6 aliphatic rings. The summed E-state index contributed by atoms with van der Waals surface area (Å²) in [5, 5.41) is 49.5. The van der Waals surface area contributed by atoms with E-state index in [1.807, 2.05) is 0 Å². The predicted octanol–water partition coefficient (Wildman–Crippen LogP) is 5.42. The van der Waals surface area contributed by atoms with E-state index in [4.69, 9.17) is 94.3 Å². The second kappa shape index (κ2) is 42.3. The van der Waals surface area contributed by atoms with Gasteiger partial charge in [0, 0.05) is 234 Å². The number of hydrogen-bond acceptors (Lipinski definition) is 28. The maximum atomic E-state index is 15.2. The number of benzene rings is 2. The number of likely N-dealkylation sites (N-methyl/N-ethyl adjacent to an activating group) is 1. The summed E-state index contributed by atoms with van der Waals surface area (Å²) >= 11 is 0. The molecule has 10 N–H and O–H groups in total. The van der Waals surface area contributed by atoms with Crippen molar-refractivity contribution >= 4 is 109 Å². The molecule has 0 aliphatic carbocycles. The zero-order chi connectivity index (χ0) is 117. The number of carbonyl (C=O) groups excluding carboxylic acids is 8. The Hall–Kier alpha value is -10.2. The fraction of sp³-hybridized carbons (Fsp3) is 0.528. The number of nitriles is 2. The van der Waals surface area contributed by atoms with E-state index in [9.17, 15) is 99.8 Å². The third-order valence-electron chi connectivity index (χ3n) is 20.0. The molecule has 5 fully saturated rings. The number of nitrogens with two attached hydrogens (primary N) is 1. The third-order valence-corrected chi connectivity index (χ3v) is 26.2. The molecule has 3 aromatic heterocycles. The molecule has 0 bridgehead atoms. The molecule has 11 rings (SSSR count). The Labute approximate surface area is 743 Å². The van der Waals surface area contributed by atoms with Crippen molar-refractivity contribution in [3.8, 4) is 17.9 Å². The van der Waals surface area contributed by atoms with Crippen LogP contribution in [0.3, 0.4) is 0 Å². The minimum absolute atomic E-state index is 0.00637. The Morgan fingerprint density at radius 2 is 1.01 bits per heavy atom. The molecule has 2 aromatic carbocycles. The highest BCUT2D eigenvalue weighted by Gasteiger charge is 2.50. The monoisotopic (exact) mass is 1880 g/mol.